The molecule has 2 atom stereocenters. The number of hydrogen-bond acceptors (Lipinski definition) is 4. The Hall–Kier alpha value is -1.18. The molecule has 2 unspecified atom stereocenters. The van der Waals surface area contributed by atoms with Gasteiger partial charge in [-0.1, -0.05) is 19.9 Å². The number of ether oxygens (including phenoxy) is 1. The third kappa shape index (κ3) is 4.45. The summed E-state index contributed by atoms with van der Waals surface area (Å²) in [6.07, 6.45) is 0. The number of benzene rings is 1. The number of rotatable bonds is 4. The van der Waals surface area contributed by atoms with Crippen LogP contribution in [0.4, 0.5) is 0 Å². The van der Waals surface area contributed by atoms with E-state index in [1.165, 1.54) is 0 Å². The van der Waals surface area contributed by atoms with Crippen LogP contribution in [-0.2, 0) is 0 Å². The highest BCUT2D eigenvalue weighted by Crippen LogP contribution is 2.24. The van der Waals surface area contributed by atoms with Crippen LogP contribution in [0.25, 0.3) is 0 Å². The highest BCUT2D eigenvalue weighted by atomic mass is 32.2. The standard InChI is InChI=1S/C15H20N2OS/c1-12-10-17(11-13(2)19-12)6-7-18-15-5-3-4-14(8-15)9-16/h3-5,8,12-13H,6-7,10-11H2,1-2H3. The Kier molecular flexibility index (Phi) is 5.12. The highest BCUT2D eigenvalue weighted by molar-refractivity contribution is 8.00. The third-order valence-corrected chi connectivity index (χ3v) is 4.36. The molecule has 102 valence electrons. The molecule has 1 aromatic rings. The van der Waals surface area contributed by atoms with E-state index in [4.69, 9.17) is 10.00 Å². The Labute approximate surface area is 119 Å². The first-order chi connectivity index (χ1) is 9.17. The molecule has 0 aliphatic carbocycles. The predicted octanol–water partition coefficient (Wildman–Crippen LogP) is 2.76. The normalized spacial score (nSPS) is 23.8. The Morgan fingerprint density at radius 2 is 2.11 bits per heavy atom. The first-order valence-corrected chi connectivity index (χ1v) is 7.62. The molecule has 1 aliphatic rings. The van der Waals surface area contributed by atoms with E-state index in [2.05, 4.69) is 36.6 Å². The molecule has 0 N–H and O–H groups in total. The molecule has 0 radical (unpaired) electrons. The van der Waals surface area contributed by atoms with Crippen LogP contribution in [0.15, 0.2) is 24.3 Å². The van der Waals surface area contributed by atoms with E-state index in [0.29, 0.717) is 22.7 Å². The lowest BCUT2D eigenvalue weighted by molar-refractivity contribution is 0.207. The van der Waals surface area contributed by atoms with Gasteiger partial charge < -0.3 is 4.74 Å². The van der Waals surface area contributed by atoms with Gasteiger partial charge in [-0.05, 0) is 18.2 Å². The fourth-order valence-electron chi connectivity index (χ4n) is 2.41. The summed E-state index contributed by atoms with van der Waals surface area (Å²) in [5, 5.41) is 10.2. The minimum Gasteiger partial charge on any atom is -0.492 e. The summed E-state index contributed by atoms with van der Waals surface area (Å²) in [4.78, 5) is 2.46. The Morgan fingerprint density at radius 3 is 2.79 bits per heavy atom. The quantitative estimate of drug-likeness (QED) is 0.847. The second-order valence-electron chi connectivity index (χ2n) is 5.00. The van der Waals surface area contributed by atoms with Gasteiger partial charge in [-0.3, -0.25) is 4.90 Å². The largest absolute Gasteiger partial charge is 0.492 e. The number of nitrogens with zero attached hydrogens (tertiary/aromatic N) is 2. The maximum atomic E-state index is 8.83. The van der Waals surface area contributed by atoms with Gasteiger partial charge in [0.25, 0.3) is 0 Å². The van der Waals surface area contributed by atoms with Crippen LogP contribution in [0.1, 0.15) is 19.4 Å². The lowest BCUT2D eigenvalue weighted by atomic mass is 10.2. The lowest BCUT2D eigenvalue weighted by Gasteiger charge is -2.34. The Bertz CT molecular complexity index is 448. The molecule has 1 saturated heterocycles. The minimum absolute atomic E-state index is 0.647. The molecule has 4 heteroatoms. The summed E-state index contributed by atoms with van der Waals surface area (Å²) in [6, 6.07) is 9.46. The van der Waals surface area contributed by atoms with Crippen molar-refractivity contribution in [3.05, 3.63) is 29.8 Å². The van der Waals surface area contributed by atoms with E-state index in [1.54, 1.807) is 12.1 Å². The van der Waals surface area contributed by atoms with Crippen LogP contribution in [-0.4, -0.2) is 41.6 Å². The molecule has 0 bridgehead atoms. The highest BCUT2D eigenvalue weighted by Gasteiger charge is 2.21. The molecule has 0 aromatic heterocycles. The van der Waals surface area contributed by atoms with Gasteiger partial charge in [-0.25, -0.2) is 0 Å². The van der Waals surface area contributed by atoms with Gasteiger partial charge in [0.05, 0.1) is 11.6 Å². The predicted molar refractivity (Wildman–Crippen MR) is 79.6 cm³/mol. The summed E-state index contributed by atoms with van der Waals surface area (Å²) in [6.45, 7) is 8.47. The van der Waals surface area contributed by atoms with E-state index in [9.17, 15) is 0 Å². The van der Waals surface area contributed by atoms with Gasteiger partial charge in [-0.2, -0.15) is 17.0 Å². The summed E-state index contributed by atoms with van der Waals surface area (Å²) in [5.74, 6) is 0.784. The molecule has 1 fully saturated rings. The maximum absolute atomic E-state index is 8.83. The molecule has 1 heterocycles. The molecular formula is C15H20N2OS. The fourth-order valence-corrected chi connectivity index (χ4v) is 3.80. The molecule has 0 saturated carbocycles. The van der Waals surface area contributed by atoms with Crippen molar-refractivity contribution in [3.8, 4) is 11.8 Å². The molecule has 19 heavy (non-hydrogen) atoms. The zero-order chi connectivity index (χ0) is 13.7. The van der Waals surface area contributed by atoms with E-state index in [0.717, 1.165) is 25.4 Å². The van der Waals surface area contributed by atoms with Crippen molar-refractivity contribution in [2.75, 3.05) is 26.2 Å². The number of hydrogen-bond donors (Lipinski definition) is 0. The van der Waals surface area contributed by atoms with Crippen LogP contribution in [0.3, 0.4) is 0 Å². The molecule has 1 aliphatic heterocycles. The second kappa shape index (κ2) is 6.83. The van der Waals surface area contributed by atoms with E-state index >= 15 is 0 Å². The lowest BCUT2D eigenvalue weighted by Crippen LogP contribution is -2.42. The van der Waals surface area contributed by atoms with Crippen molar-refractivity contribution in [1.29, 1.82) is 5.26 Å². The summed E-state index contributed by atoms with van der Waals surface area (Å²) in [7, 11) is 0. The Morgan fingerprint density at radius 1 is 1.37 bits per heavy atom. The van der Waals surface area contributed by atoms with Crippen LogP contribution < -0.4 is 4.74 Å². The van der Waals surface area contributed by atoms with Crippen molar-refractivity contribution in [3.63, 3.8) is 0 Å². The topological polar surface area (TPSA) is 36.3 Å². The monoisotopic (exact) mass is 276 g/mol. The first-order valence-electron chi connectivity index (χ1n) is 6.68. The number of thioether (sulfide) groups is 1. The van der Waals surface area contributed by atoms with Crippen molar-refractivity contribution < 1.29 is 4.74 Å². The molecule has 0 amide bonds. The smallest absolute Gasteiger partial charge is 0.120 e. The van der Waals surface area contributed by atoms with Crippen molar-refractivity contribution in [1.82, 2.24) is 4.90 Å². The van der Waals surface area contributed by atoms with Gasteiger partial charge >= 0.3 is 0 Å². The second-order valence-corrected chi connectivity index (χ2v) is 6.89. The van der Waals surface area contributed by atoms with Crippen LogP contribution in [0.2, 0.25) is 0 Å². The van der Waals surface area contributed by atoms with Crippen LogP contribution >= 0.6 is 11.8 Å². The van der Waals surface area contributed by atoms with E-state index in [-0.39, 0.29) is 0 Å². The van der Waals surface area contributed by atoms with E-state index < -0.39 is 0 Å². The molecule has 3 nitrogen and oxygen atoms in total. The van der Waals surface area contributed by atoms with Gasteiger partial charge in [-0.15, -0.1) is 0 Å². The molecule has 1 aromatic carbocycles. The average molecular weight is 276 g/mol. The molecule has 2 rings (SSSR count). The zero-order valence-electron chi connectivity index (χ0n) is 11.5. The third-order valence-electron chi connectivity index (χ3n) is 3.13. The van der Waals surface area contributed by atoms with Gasteiger partial charge in [0, 0.05) is 30.1 Å². The average Bonchev–Trinajstić information content (AvgIpc) is 2.38. The van der Waals surface area contributed by atoms with Gasteiger partial charge in [0.2, 0.25) is 0 Å². The summed E-state index contributed by atoms with van der Waals surface area (Å²) < 4.78 is 5.72. The van der Waals surface area contributed by atoms with Crippen molar-refractivity contribution in [2.45, 2.75) is 24.3 Å². The molecule has 0 spiro atoms. The van der Waals surface area contributed by atoms with Gasteiger partial charge in [0.15, 0.2) is 0 Å². The van der Waals surface area contributed by atoms with Crippen molar-refractivity contribution >= 4 is 11.8 Å². The fraction of sp³-hybridized carbons (Fsp3) is 0.533. The minimum atomic E-state index is 0.647. The first kappa shape index (κ1) is 14.2. The Balaban J connectivity index is 1.78. The molecular weight excluding hydrogens is 256 g/mol. The van der Waals surface area contributed by atoms with Crippen LogP contribution in [0, 0.1) is 11.3 Å². The van der Waals surface area contributed by atoms with Crippen LogP contribution in [0.5, 0.6) is 5.75 Å². The van der Waals surface area contributed by atoms with E-state index in [1.807, 2.05) is 12.1 Å². The zero-order valence-corrected chi connectivity index (χ0v) is 12.3. The SMILES string of the molecule is CC1CN(CCOc2cccc(C#N)c2)CC(C)S1. The van der Waals surface area contributed by atoms with Gasteiger partial charge in [0.1, 0.15) is 12.4 Å². The number of nitriles is 1. The van der Waals surface area contributed by atoms with Crippen molar-refractivity contribution in [2.24, 2.45) is 0 Å². The maximum Gasteiger partial charge on any atom is 0.120 e. The summed E-state index contributed by atoms with van der Waals surface area (Å²) >= 11 is 2.06. The summed E-state index contributed by atoms with van der Waals surface area (Å²) in [5.41, 5.74) is 0.647.